The Bertz CT molecular complexity index is 926. The van der Waals surface area contributed by atoms with Crippen LogP contribution in [-0.4, -0.2) is 61.4 Å². The molecule has 7 nitrogen and oxygen atoms in total. The molecule has 1 N–H and O–H groups in total. The number of carboxylic acids is 1. The maximum absolute atomic E-state index is 12.9. The number of sulfonamides is 1. The number of hydrogen-bond acceptors (Lipinski definition) is 5. The molecule has 1 aliphatic rings. The molecule has 8 heteroatoms. The van der Waals surface area contributed by atoms with Crippen LogP contribution in [0.3, 0.4) is 0 Å². The Morgan fingerprint density at radius 1 is 1.07 bits per heavy atom. The molecule has 2 aromatic rings. The number of carbonyl (C=O) groups is 1. The van der Waals surface area contributed by atoms with Crippen molar-refractivity contribution in [3.63, 3.8) is 0 Å². The lowest BCUT2D eigenvalue weighted by molar-refractivity contribution is -0.144. The van der Waals surface area contributed by atoms with Crippen LogP contribution < -0.4 is 4.74 Å². The largest absolute Gasteiger partial charge is 0.489 e. The third-order valence-electron chi connectivity index (χ3n) is 5.33. The van der Waals surface area contributed by atoms with Crippen LogP contribution in [0.1, 0.15) is 24.8 Å². The highest BCUT2D eigenvalue weighted by Crippen LogP contribution is 2.21. The number of benzene rings is 2. The van der Waals surface area contributed by atoms with Gasteiger partial charge in [-0.3, -0.25) is 9.69 Å². The zero-order valence-corrected chi connectivity index (χ0v) is 17.9. The summed E-state index contributed by atoms with van der Waals surface area (Å²) in [6.45, 7) is 1.66. The molecule has 1 saturated heterocycles. The van der Waals surface area contributed by atoms with Gasteiger partial charge in [0.1, 0.15) is 18.4 Å². The molecule has 0 saturated carbocycles. The summed E-state index contributed by atoms with van der Waals surface area (Å²) in [5, 5.41) is 9.62. The number of rotatable bonds is 9. The van der Waals surface area contributed by atoms with Gasteiger partial charge in [0.25, 0.3) is 0 Å². The number of hydrogen-bond donors (Lipinski definition) is 1. The topological polar surface area (TPSA) is 87.2 Å². The van der Waals surface area contributed by atoms with Gasteiger partial charge in [0, 0.05) is 13.6 Å². The highest BCUT2D eigenvalue weighted by Gasteiger charge is 2.32. The van der Waals surface area contributed by atoms with E-state index in [9.17, 15) is 18.3 Å². The first kappa shape index (κ1) is 22.3. The van der Waals surface area contributed by atoms with Crippen LogP contribution in [0, 0.1) is 0 Å². The van der Waals surface area contributed by atoms with Gasteiger partial charge in [0.15, 0.2) is 0 Å². The van der Waals surface area contributed by atoms with Crippen LogP contribution in [-0.2, 0) is 21.4 Å². The summed E-state index contributed by atoms with van der Waals surface area (Å²) in [5.74, 6) is -0.430. The fraction of sp³-hybridized carbons (Fsp3) is 0.409. The Morgan fingerprint density at radius 3 is 2.30 bits per heavy atom. The molecule has 1 aliphatic heterocycles. The number of aliphatic carboxylic acids is 1. The second kappa shape index (κ2) is 10.1. The van der Waals surface area contributed by atoms with Crippen LogP contribution in [0.15, 0.2) is 59.5 Å². The van der Waals surface area contributed by atoms with Crippen LogP contribution in [0.2, 0.25) is 0 Å². The Labute approximate surface area is 177 Å². The van der Waals surface area contributed by atoms with E-state index in [-0.39, 0.29) is 11.4 Å². The quantitative estimate of drug-likeness (QED) is 0.656. The Hall–Kier alpha value is -2.42. The van der Waals surface area contributed by atoms with Crippen molar-refractivity contribution in [1.29, 1.82) is 0 Å². The minimum atomic E-state index is -3.80. The minimum absolute atomic E-state index is 0.0933. The van der Waals surface area contributed by atoms with Gasteiger partial charge in [-0.15, -0.1) is 0 Å². The zero-order chi connectivity index (χ0) is 21.6. The van der Waals surface area contributed by atoms with Gasteiger partial charge in [0.2, 0.25) is 10.0 Å². The molecule has 0 aliphatic carbocycles. The molecular formula is C22H28N2O5S. The first-order valence-corrected chi connectivity index (χ1v) is 11.5. The predicted molar refractivity (Wildman–Crippen MR) is 114 cm³/mol. The predicted octanol–water partition coefficient (Wildman–Crippen LogP) is 2.83. The smallest absolute Gasteiger partial charge is 0.322 e. The first-order chi connectivity index (χ1) is 14.4. The van der Waals surface area contributed by atoms with Crippen molar-refractivity contribution in [1.82, 2.24) is 9.21 Å². The molecule has 1 fully saturated rings. The number of likely N-dealkylation sites (tertiary alicyclic amines) is 1. The van der Waals surface area contributed by atoms with E-state index in [0.717, 1.165) is 29.1 Å². The lowest BCUT2D eigenvalue weighted by Crippen LogP contribution is -2.50. The molecule has 0 radical (unpaired) electrons. The summed E-state index contributed by atoms with van der Waals surface area (Å²) in [7, 11) is -2.38. The van der Waals surface area contributed by atoms with Crippen molar-refractivity contribution in [2.45, 2.75) is 36.8 Å². The van der Waals surface area contributed by atoms with Gasteiger partial charge in [-0.1, -0.05) is 36.8 Å². The number of carboxylic acid groups (broad SMARTS) is 1. The normalized spacial score (nSPS) is 16.3. The van der Waals surface area contributed by atoms with Crippen molar-refractivity contribution < 1.29 is 23.1 Å². The van der Waals surface area contributed by atoms with Crippen molar-refractivity contribution in [2.75, 3.05) is 26.7 Å². The van der Waals surface area contributed by atoms with E-state index in [0.29, 0.717) is 25.4 Å². The van der Waals surface area contributed by atoms with E-state index in [1.807, 2.05) is 35.2 Å². The van der Waals surface area contributed by atoms with Crippen LogP contribution in [0.5, 0.6) is 5.75 Å². The standard InChI is InChI=1S/C22H28N2O5S/c1-23(16-21(22(25)26)24-14-6-3-7-15-24)30(27,28)20-12-10-19(11-13-20)29-17-18-8-4-2-5-9-18/h2,4-5,8-13,21H,3,6-7,14-17H2,1H3,(H,25,26)/t21-/m0/s1. The molecule has 0 spiro atoms. The lowest BCUT2D eigenvalue weighted by atomic mass is 10.1. The lowest BCUT2D eigenvalue weighted by Gasteiger charge is -2.33. The van der Waals surface area contributed by atoms with E-state index in [1.165, 1.54) is 19.2 Å². The molecule has 0 unspecified atom stereocenters. The van der Waals surface area contributed by atoms with Gasteiger partial charge in [-0.05, 0) is 55.8 Å². The fourth-order valence-corrected chi connectivity index (χ4v) is 4.73. The SMILES string of the molecule is CN(C[C@@H](C(=O)O)N1CCCCC1)S(=O)(=O)c1ccc(OCc2ccccc2)cc1. The van der Waals surface area contributed by atoms with E-state index >= 15 is 0 Å². The van der Waals surface area contributed by atoms with E-state index < -0.39 is 22.0 Å². The summed E-state index contributed by atoms with van der Waals surface area (Å²) in [6, 6.07) is 15.1. The number of piperidine rings is 1. The van der Waals surface area contributed by atoms with Gasteiger partial charge in [-0.2, -0.15) is 4.31 Å². The third kappa shape index (κ3) is 5.59. The average Bonchev–Trinajstić information content (AvgIpc) is 2.77. The van der Waals surface area contributed by atoms with E-state index in [1.54, 1.807) is 12.1 Å². The highest BCUT2D eigenvalue weighted by atomic mass is 32.2. The van der Waals surface area contributed by atoms with Crippen LogP contribution in [0.25, 0.3) is 0 Å². The zero-order valence-electron chi connectivity index (χ0n) is 17.1. The number of ether oxygens (including phenoxy) is 1. The molecule has 0 bridgehead atoms. The minimum Gasteiger partial charge on any atom is -0.489 e. The van der Waals surface area contributed by atoms with Gasteiger partial charge < -0.3 is 9.84 Å². The van der Waals surface area contributed by atoms with Crippen LogP contribution >= 0.6 is 0 Å². The molecule has 162 valence electrons. The summed E-state index contributed by atoms with van der Waals surface area (Å²) in [6.07, 6.45) is 2.95. The fourth-order valence-electron chi connectivity index (χ4n) is 3.55. The summed E-state index contributed by atoms with van der Waals surface area (Å²) in [4.78, 5) is 13.7. The van der Waals surface area contributed by atoms with Gasteiger partial charge in [0.05, 0.1) is 4.90 Å². The van der Waals surface area contributed by atoms with Crippen LogP contribution in [0.4, 0.5) is 0 Å². The number of nitrogens with zero attached hydrogens (tertiary/aromatic N) is 2. The van der Waals surface area contributed by atoms with Crippen molar-refractivity contribution in [3.05, 3.63) is 60.2 Å². The van der Waals surface area contributed by atoms with Crippen molar-refractivity contribution in [2.24, 2.45) is 0 Å². The summed E-state index contributed by atoms with van der Waals surface area (Å²) >= 11 is 0. The maximum Gasteiger partial charge on any atom is 0.322 e. The molecule has 30 heavy (non-hydrogen) atoms. The molecule has 3 rings (SSSR count). The second-order valence-corrected chi connectivity index (χ2v) is 9.53. The maximum atomic E-state index is 12.9. The number of likely N-dealkylation sites (N-methyl/N-ethyl adjacent to an activating group) is 1. The molecule has 2 aromatic carbocycles. The molecule has 0 amide bonds. The Balaban J connectivity index is 1.65. The third-order valence-corrected chi connectivity index (χ3v) is 7.16. The second-order valence-electron chi connectivity index (χ2n) is 7.48. The summed E-state index contributed by atoms with van der Waals surface area (Å²) in [5.41, 5.74) is 1.02. The van der Waals surface area contributed by atoms with E-state index in [4.69, 9.17) is 4.74 Å². The summed E-state index contributed by atoms with van der Waals surface area (Å²) < 4.78 is 32.7. The van der Waals surface area contributed by atoms with E-state index in [2.05, 4.69) is 0 Å². The van der Waals surface area contributed by atoms with Gasteiger partial charge in [-0.25, -0.2) is 8.42 Å². The van der Waals surface area contributed by atoms with Gasteiger partial charge >= 0.3 is 5.97 Å². The molecule has 1 atom stereocenters. The van der Waals surface area contributed by atoms with Crippen molar-refractivity contribution in [3.8, 4) is 5.75 Å². The molecule has 0 aromatic heterocycles. The molecule has 1 heterocycles. The van der Waals surface area contributed by atoms with Crippen molar-refractivity contribution >= 4 is 16.0 Å². The first-order valence-electron chi connectivity index (χ1n) is 10.1. The average molecular weight is 433 g/mol. The Morgan fingerprint density at radius 2 is 1.70 bits per heavy atom. The highest BCUT2D eigenvalue weighted by molar-refractivity contribution is 7.89. The Kier molecular flexibility index (Phi) is 7.47. The molecular weight excluding hydrogens is 404 g/mol. The monoisotopic (exact) mass is 432 g/mol.